The van der Waals surface area contributed by atoms with Gasteiger partial charge in [-0.3, -0.25) is 0 Å². The van der Waals surface area contributed by atoms with Gasteiger partial charge in [0.15, 0.2) is 5.82 Å². The van der Waals surface area contributed by atoms with Crippen molar-refractivity contribution in [3.05, 3.63) is 42.0 Å². The average molecular weight is 302 g/mol. The van der Waals surface area contributed by atoms with E-state index in [2.05, 4.69) is 49.7 Å². The lowest BCUT2D eigenvalue weighted by Gasteiger charge is -2.19. The van der Waals surface area contributed by atoms with Gasteiger partial charge in [0.05, 0.1) is 0 Å². The van der Waals surface area contributed by atoms with Crippen molar-refractivity contribution in [1.29, 1.82) is 0 Å². The van der Waals surface area contributed by atoms with Crippen molar-refractivity contribution in [3.8, 4) is 11.4 Å². The molecule has 112 valence electrons. The maximum Gasteiger partial charge on any atom is 0.210 e. The van der Waals surface area contributed by atoms with E-state index in [0.29, 0.717) is 11.0 Å². The van der Waals surface area contributed by atoms with Gasteiger partial charge in [0.2, 0.25) is 5.16 Å². The first-order valence-electron chi connectivity index (χ1n) is 6.87. The number of nitrogens with two attached hydrogens (primary N) is 1. The fraction of sp³-hybridized carbons (Fsp3) is 0.375. The van der Waals surface area contributed by atoms with E-state index < -0.39 is 0 Å². The minimum absolute atomic E-state index is 0.136. The molecule has 21 heavy (non-hydrogen) atoms. The van der Waals surface area contributed by atoms with Crippen LogP contribution in [0.2, 0.25) is 0 Å². The molecule has 4 nitrogen and oxygen atoms in total. The molecule has 1 aromatic heterocycles. The molecule has 0 aliphatic carbocycles. The summed E-state index contributed by atoms with van der Waals surface area (Å²) in [5, 5.41) is 9.04. The second-order valence-corrected chi connectivity index (χ2v) is 7.19. The Hall–Kier alpha value is -1.75. The van der Waals surface area contributed by atoms with E-state index in [1.165, 1.54) is 5.56 Å². The van der Waals surface area contributed by atoms with Crippen molar-refractivity contribution in [2.75, 3.05) is 11.6 Å². The van der Waals surface area contributed by atoms with E-state index >= 15 is 0 Å². The van der Waals surface area contributed by atoms with Crippen LogP contribution in [-0.4, -0.2) is 20.6 Å². The topological polar surface area (TPSA) is 56.7 Å². The van der Waals surface area contributed by atoms with Crippen LogP contribution >= 0.6 is 11.8 Å². The first kappa shape index (κ1) is 15.6. The minimum Gasteiger partial charge on any atom is -0.335 e. The second-order valence-electron chi connectivity index (χ2n) is 6.25. The number of rotatable bonds is 4. The summed E-state index contributed by atoms with van der Waals surface area (Å²) in [7, 11) is 0. The van der Waals surface area contributed by atoms with Crippen molar-refractivity contribution in [2.24, 2.45) is 0 Å². The Morgan fingerprint density at radius 1 is 1.24 bits per heavy atom. The van der Waals surface area contributed by atoms with Crippen LogP contribution in [0.1, 0.15) is 33.3 Å². The minimum atomic E-state index is 0.136. The highest BCUT2D eigenvalue weighted by molar-refractivity contribution is 7.99. The molecular weight excluding hydrogens is 280 g/mol. The molecular formula is C16H22N4S. The number of thioether (sulfide) groups is 1. The van der Waals surface area contributed by atoms with Gasteiger partial charge in [-0.2, -0.15) is 0 Å². The largest absolute Gasteiger partial charge is 0.335 e. The maximum atomic E-state index is 6.09. The molecule has 2 N–H and O–H groups in total. The molecule has 0 bridgehead atoms. The van der Waals surface area contributed by atoms with Crippen LogP contribution in [0.3, 0.4) is 0 Å². The molecule has 0 aliphatic heterocycles. The monoisotopic (exact) mass is 302 g/mol. The molecule has 0 aliphatic rings. The Bertz CT molecular complexity index is 635. The lowest BCUT2D eigenvalue weighted by molar-refractivity contribution is 0.590. The lowest BCUT2D eigenvalue weighted by atomic mass is 9.87. The van der Waals surface area contributed by atoms with Crippen LogP contribution in [0, 0.1) is 0 Å². The van der Waals surface area contributed by atoms with Gasteiger partial charge in [-0.25, -0.2) is 4.68 Å². The zero-order valence-corrected chi connectivity index (χ0v) is 13.9. The zero-order chi connectivity index (χ0) is 15.6. The van der Waals surface area contributed by atoms with Crippen molar-refractivity contribution < 1.29 is 0 Å². The fourth-order valence-corrected chi connectivity index (χ4v) is 2.58. The molecule has 1 heterocycles. The quantitative estimate of drug-likeness (QED) is 0.532. The average Bonchev–Trinajstić information content (AvgIpc) is 2.77. The van der Waals surface area contributed by atoms with Crippen LogP contribution in [0.15, 0.2) is 41.6 Å². The normalized spacial score (nSPS) is 11.6. The van der Waals surface area contributed by atoms with Gasteiger partial charge in [-0.05, 0) is 17.9 Å². The zero-order valence-electron chi connectivity index (χ0n) is 13.1. The van der Waals surface area contributed by atoms with Crippen molar-refractivity contribution >= 4 is 11.8 Å². The summed E-state index contributed by atoms with van der Waals surface area (Å²) in [5.41, 5.74) is 3.47. The van der Waals surface area contributed by atoms with Gasteiger partial charge in [0, 0.05) is 11.3 Å². The Morgan fingerprint density at radius 2 is 1.86 bits per heavy atom. The third-order valence-electron chi connectivity index (χ3n) is 3.12. The molecule has 0 amide bonds. The third-order valence-corrected chi connectivity index (χ3v) is 4.30. The van der Waals surface area contributed by atoms with Crippen molar-refractivity contribution in [1.82, 2.24) is 14.9 Å². The number of nitrogen functional groups attached to an aromatic ring is 1. The standard InChI is InChI=1S/C16H22N4S/c1-11(2)10-21-15-19-18-14(20(15)17)12-6-8-13(9-7-12)16(3,4)5/h6-9H,1,10,17H2,2-5H3. The molecule has 0 saturated heterocycles. The Morgan fingerprint density at radius 3 is 2.38 bits per heavy atom. The highest BCUT2D eigenvalue weighted by Crippen LogP contribution is 2.26. The van der Waals surface area contributed by atoms with Gasteiger partial charge in [-0.1, -0.05) is 69.0 Å². The van der Waals surface area contributed by atoms with Crippen molar-refractivity contribution in [3.63, 3.8) is 0 Å². The molecule has 0 unspecified atom stereocenters. The smallest absolute Gasteiger partial charge is 0.210 e. The molecule has 0 spiro atoms. The third kappa shape index (κ3) is 3.67. The number of aromatic nitrogens is 3. The van der Waals surface area contributed by atoms with E-state index in [1.54, 1.807) is 16.4 Å². The summed E-state index contributed by atoms with van der Waals surface area (Å²) >= 11 is 1.54. The van der Waals surface area contributed by atoms with Gasteiger partial charge >= 0.3 is 0 Å². The summed E-state index contributed by atoms with van der Waals surface area (Å²) in [6.45, 7) is 12.4. The summed E-state index contributed by atoms with van der Waals surface area (Å²) in [4.78, 5) is 0. The van der Waals surface area contributed by atoms with Crippen LogP contribution in [-0.2, 0) is 5.41 Å². The Labute approximate surface area is 130 Å². The first-order chi connectivity index (χ1) is 9.79. The van der Waals surface area contributed by atoms with Crippen LogP contribution in [0.4, 0.5) is 0 Å². The van der Waals surface area contributed by atoms with E-state index in [4.69, 9.17) is 5.84 Å². The summed E-state index contributed by atoms with van der Waals surface area (Å²) < 4.78 is 1.54. The molecule has 0 saturated carbocycles. The van der Waals surface area contributed by atoms with E-state index in [1.807, 2.05) is 19.1 Å². The Balaban J connectivity index is 2.24. The predicted molar refractivity (Wildman–Crippen MR) is 89.8 cm³/mol. The van der Waals surface area contributed by atoms with E-state index in [9.17, 15) is 0 Å². The number of benzene rings is 1. The lowest BCUT2D eigenvalue weighted by Crippen LogP contribution is -2.12. The van der Waals surface area contributed by atoms with Gasteiger partial charge < -0.3 is 5.84 Å². The maximum absolute atomic E-state index is 6.09. The van der Waals surface area contributed by atoms with Gasteiger partial charge in [-0.15, -0.1) is 10.2 Å². The summed E-state index contributed by atoms with van der Waals surface area (Å²) in [5.74, 6) is 7.56. The van der Waals surface area contributed by atoms with E-state index in [0.717, 1.165) is 16.9 Å². The highest BCUT2D eigenvalue weighted by atomic mass is 32.2. The molecule has 0 radical (unpaired) electrons. The van der Waals surface area contributed by atoms with Gasteiger partial charge in [0.1, 0.15) is 0 Å². The molecule has 2 aromatic rings. The highest BCUT2D eigenvalue weighted by Gasteiger charge is 2.15. The van der Waals surface area contributed by atoms with E-state index in [-0.39, 0.29) is 5.41 Å². The molecule has 1 aromatic carbocycles. The van der Waals surface area contributed by atoms with Crippen LogP contribution in [0.25, 0.3) is 11.4 Å². The van der Waals surface area contributed by atoms with Crippen molar-refractivity contribution in [2.45, 2.75) is 38.3 Å². The predicted octanol–water partition coefficient (Wildman–Crippen LogP) is 3.62. The summed E-state index contributed by atoms with van der Waals surface area (Å²) in [6, 6.07) is 8.32. The second kappa shape index (κ2) is 5.93. The molecule has 0 atom stereocenters. The van der Waals surface area contributed by atoms with Gasteiger partial charge in [0.25, 0.3) is 0 Å². The molecule has 0 fully saturated rings. The number of hydrogen-bond donors (Lipinski definition) is 1. The van der Waals surface area contributed by atoms with Crippen LogP contribution < -0.4 is 5.84 Å². The first-order valence-corrected chi connectivity index (χ1v) is 7.86. The molecule has 5 heteroatoms. The Kier molecular flexibility index (Phi) is 4.42. The number of nitrogens with zero attached hydrogens (tertiary/aromatic N) is 3. The summed E-state index contributed by atoms with van der Waals surface area (Å²) in [6.07, 6.45) is 0. The fourth-order valence-electron chi connectivity index (χ4n) is 1.88. The SMILES string of the molecule is C=C(C)CSc1nnc(-c2ccc(C(C)(C)C)cc2)n1N. The van der Waals surface area contributed by atoms with Crippen LogP contribution in [0.5, 0.6) is 0 Å². The number of hydrogen-bond acceptors (Lipinski definition) is 4. The molecule has 2 rings (SSSR count).